The molecule has 0 saturated heterocycles. The molecule has 88 valence electrons. The lowest BCUT2D eigenvalue weighted by molar-refractivity contribution is 0.0694. The number of hydrogen-bond acceptors (Lipinski definition) is 4. The van der Waals surface area contributed by atoms with Crippen LogP contribution in [0.4, 0.5) is 0 Å². The van der Waals surface area contributed by atoms with E-state index >= 15 is 0 Å². The zero-order chi connectivity index (χ0) is 12.4. The van der Waals surface area contributed by atoms with Crippen molar-refractivity contribution in [2.75, 3.05) is 0 Å². The highest BCUT2D eigenvalue weighted by atomic mass is 16.4. The SMILES string of the molecule is CC(C)c1nc(-c2ccco2)ncc1C(=O)O. The molecule has 2 heterocycles. The van der Waals surface area contributed by atoms with Gasteiger partial charge in [0.25, 0.3) is 0 Å². The van der Waals surface area contributed by atoms with Crippen molar-refractivity contribution in [2.24, 2.45) is 0 Å². The summed E-state index contributed by atoms with van der Waals surface area (Å²) in [5.74, 6) is -0.0648. The van der Waals surface area contributed by atoms with Crippen molar-refractivity contribution >= 4 is 5.97 Å². The summed E-state index contributed by atoms with van der Waals surface area (Å²) in [5.41, 5.74) is 0.647. The van der Waals surface area contributed by atoms with Gasteiger partial charge in [0.05, 0.1) is 17.5 Å². The molecule has 0 spiro atoms. The Morgan fingerprint density at radius 1 is 1.47 bits per heavy atom. The molecule has 0 aliphatic carbocycles. The molecule has 0 saturated carbocycles. The molecule has 17 heavy (non-hydrogen) atoms. The van der Waals surface area contributed by atoms with Gasteiger partial charge >= 0.3 is 5.97 Å². The van der Waals surface area contributed by atoms with E-state index in [1.54, 1.807) is 12.1 Å². The van der Waals surface area contributed by atoms with Crippen molar-refractivity contribution < 1.29 is 14.3 Å². The van der Waals surface area contributed by atoms with Crippen LogP contribution in [0.15, 0.2) is 29.0 Å². The molecular weight excluding hydrogens is 220 g/mol. The summed E-state index contributed by atoms with van der Waals surface area (Å²) in [6.07, 6.45) is 2.85. The van der Waals surface area contributed by atoms with Crippen LogP contribution >= 0.6 is 0 Å². The van der Waals surface area contributed by atoms with Crippen LogP contribution in [0.5, 0.6) is 0 Å². The van der Waals surface area contributed by atoms with E-state index < -0.39 is 5.97 Å². The van der Waals surface area contributed by atoms with Gasteiger partial charge in [-0.1, -0.05) is 13.8 Å². The topological polar surface area (TPSA) is 76.2 Å². The van der Waals surface area contributed by atoms with E-state index in [4.69, 9.17) is 9.52 Å². The number of hydrogen-bond donors (Lipinski definition) is 1. The Morgan fingerprint density at radius 2 is 2.24 bits per heavy atom. The molecule has 0 fully saturated rings. The summed E-state index contributed by atoms with van der Waals surface area (Å²) < 4.78 is 5.18. The molecular formula is C12H12N2O3. The molecule has 0 aliphatic heterocycles. The zero-order valence-corrected chi connectivity index (χ0v) is 9.54. The van der Waals surface area contributed by atoms with Crippen LogP contribution in [0.3, 0.4) is 0 Å². The third-order valence-electron chi connectivity index (χ3n) is 2.34. The van der Waals surface area contributed by atoms with Crippen molar-refractivity contribution in [1.82, 2.24) is 9.97 Å². The maximum absolute atomic E-state index is 11.0. The average Bonchev–Trinajstić information content (AvgIpc) is 2.81. The fourth-order valence-corrected chi connectivity index (χ4v) is 1.52. The molecule has 0 aliphatic rings. The first-order chi connectivity index (χ1) is 8.09. The van der Waals surface area contributed by atoms with Gasteiger partial charge < -0.3 is 9.52 Å². The predicted octanol–water partition coefficient (Wildman–Crippen LogP) is 2.56. The highest BCUT2D eigenvalue weighted by Crippen LogP contribution is 2.21. The van der Waals surface area contributed by atoms with Crippen LogP contribution in [-0.4, -0.2) is 21.0 Å². The quantitative estimate of drug-likeness (QED) is 0.880. The average molecular weight is 232 g/mol. The summed E-state index contributed by atoms with van der Waals surface area (Å²) in [6, 6.07) is 3.47. The third kappa shape index (κ3) is 2.18. The van der Waals surface area contributed by atoms with Crippen molar-refractivity contribution in [3.63, 3.8) is 0 Å². The number of aromatic nitrogens is 2. The molecule has 1 N–H and O–H groups in total. The maximum atomic E-state index is 11.0. The van der Waals surface area contributed by atoms with Gasteiger partial charge in [-0.15, -0.1) is 0 Å². The fraction of sp³-hybridized carbons (Fsp3) is 0.250. The van der Waals surface area contributed by atoms with Crippen molar-refractivity contribution in [3.05, 3.63) is 35.9 Å². The number of carboxylic acids is 1. The number of furan rings is 1. The van der Waals surface area contributed by atoms with Crippen LogP contribution in [0, 0.1) is 0 Å². The van der Waals surface area contributed by atoms with Gasteiger partial charge in [-0.05, 0) is 18.1 Å². The summed E-state index contributed by atoms with van der Waals surface area (Å²) in [4.78, 5) is 19.3. The molecule has 0 unspecified atom stereocenters. The number of nitrogens with zero attached hydrogens (tertiary/aromatic N) is 2. The van der Waals surface area contributed by atoms with E-state index in [0.717, 1.165) is 0 Å². The summed E-state index contributed by atoms with van der Waals surface area (Å²) in [5, 5.41) is 9.03. The first-order valence-corrected chi connectivity index (χ1v) is 5.23. The van der Waals surface area contributed by atoms with E-state index in [0.29, 0.717) is 17.3 Å². The van der Waals surface area contributed by atoms with Gasteiger partial charge in [0.15, 0.2) is 11.6 Å². The zero-order valence-electron chi connectivity index (χ0n) is 9.54. The van der Waals surface area contributed by atoms with Gasteiger partial charge in [-0.3, -0.25) is 0 Å². The van der Waals surface area contributed by atoms with Crippen LogP contribution < -0.4 is 0 Å². The van der Waals surface area contributed by atoms with Crippen molar-refractivity contribution in [2.45, 2.75) is 19.8 Å². The lowest BCUT2D eigenvalue weighted by Crippen LogP contribution is -2.08. The molecule has 0 amide bonds. The minimum atomic E-state index is -1.01. The Bertz CT molecular complexity index is 533. The number of rotatable bonds is 3. The van der Waals surface area contributed by atoms with E-state index in [2.05, 4.69) is 9.97 Å². The fourth-order valence-electron chi connectivity index (χ4n) is 1.52. The highest BCUT2D eigenvalue weighted by Gasteiger charge is 2.17. The highest BCUT2D eigenvalue weighted by molar-refractivity contribution is 5.88. The Hall–Kier alpha value is -2.17. The van der Waals surface area contributed by atoms with E-state index in [-0.39, 0.29) is 11.5 Å². The normalized spacial score (nSPS) is 10.8. The van der Waals surface area contributed by atoms with Gasteiger partial charge in [0.1, 0.15) is 0 Å². The van der Waals surface area contributed by atoms with Gasteiger partial charge in [0, 0.05) is 6.20 Å². The largest absolute Gasteiger partial charge is 0.478 e. The smallest absolute Gasteiger partial charge is 0.339 e. The first-order valence-electron chi connectivity index (χ1n) is 5.23. The minimum Gasteiger partial charge on any atom is -0.478 e. The molecule has 0 radical (unpaired) electrons. The van der Waals surface area contributed by atoms with Crippen molar-refractivity contribution in [3.8, 4) is 11.6 Å². The molecule has 2 aromatic rings. The Labute approximate surface area is 98.1 Å². The van der Waals surface area contributed by atoms with E-state index in [9.17, 15) is 4.79 Å². The van der Waals surface area contributed by atoms with Crippen LogP contribution in [0.25, 0.3) is 11.6 Å². The summed E-state index contributed by atoms with van der Waals surface area (Å²) in [7, 11) is 0. The Balaban J connectivity index is 2.53. The van der Waals surface area contributed by atoms with Crippen LogP contribution in [-0.2, 0) is 0 Å². The second-order valence-electron chi connectivity index (χ2n) is 3.93. The molecule has 5 heteroatoms. The second-order valence-corrected chi connectivity index (χ2v) is 3.93. The number of aromatic carboxylic acids is 1. The molecule has 0 atom stereocenters. The van der Waals surface area contributed by atoms with E-state index in [1.165, 1.54) is 12.5 Å². The standard InChI is InChI=1S/C12H12N2O3/c1-7(2)10-8(12(15)16)6-13-11(14-10)9-4-3-5-17-9/h3-7H,1-2H3,(H,15,16). The van der Waals surface area contributed by atoms with Gasteiger partial charge in [-0.25, -0.2) is 14.8 Å². The Morgan fingerprint density at radius 3 is 2.76 bits per heavy atom. The molecule has 0 aromatic carbocycles. The minimum absolute atomic E-state index is 0.0119. The lowest BCUT2D eigenvalue weighted by Gasteiger charge is -2.08. The first kappa shape index (κ1) is 11.3. The lowest BCUT2D eigenvalue weighted by atomic mass is 10.1. The third-order valence-corrected chi connectivity index (χ3v) is 2.34. The van der Waals surface area contributed by atoms with Crippen LogP contribution in [0.2, 0.25) is 0 Å². The van der Waals surface area contributed by atoms with Crippen LogP contribution in [0.1, 0.15) is 35.8 Å². The van der Waals surface area contributed by atoms with E-state index in [1.807, 2.05) is 13.8 Å². The summed E-state index contributed by atoms with van der Waals surface area (Å²) in [6.45, 7) is 3.78. The Kier molecular flexibility index (Phi) is 2.91. The maximum Gasteiger partial charge on any atom is 0.339 e. The monoisotopic (exact) mass is 232 g/mol. The van der Waals surface area contributed by atoms with Gasteiger partial charge in [-0.2, -0.15) is 0 Å². The second kappa shape index (κ2) is 4.37. The van der Waals surface area contributed by atoms with Gasteiger partial charge in [0.2, 0.25) is 0 Å². The molecule has 5 nitrogen and oxygen atoms in total. The summed E-state index contributed by atoms with van der Waals surface area (Å²) >= 11 is 0. The predicted molar refractivity (Wildman–Crippen MR) is 60.8 cm³/mol. The molecule has 0 bridgehead atoms. The number of carbonyl (C=O) groups is 1. The molecule has 2 aromatic heterocycles. The van der Waals surface area contributed by atoms with Crippen molar-refractivity contribution in [1.29, 1.82) is 0 Å². The molecule has 2 rings (SSSR count). The number of carboxylic acid groups (broad SMARTS) is 1.